The van der Waals surface area contributed by atoms with Crippen molar-refractivity contribution in [1.82, 2.24) is 9.88 Å². The summed E-state index contributed by atoms with van der Waals surface area (Å²) in [5.41, 5.74) is 3.29. The van der Waals surface area contributed by atoms with E-state index < -0.39 is 0 Å². The number of carbonyl (C=O) groups is 1. The maximum atomic E-state index is 13.1. The predicted octanol–water partition coefficient (Wildman–Crippen LogP) is 2.12. The highest BCUT2D eigenvalue weighted by Crippen LogP contribution is 2.24. The number of carbonyl (C=O) groups excluding carboxylic acids is 1. The van der Waals surface area contributed by atoms with Crippen LogP contribution < -0.4 is 4.90 Å². The number of aromatic nitrogens is 1. The third-order valence-electron chi connectivity index (χ3n) is 4.75. The molecule has 24 heavy (non-hydrogen) atoms. The summed E-state index contributed by atoms with van der Waals surface area (Å²) in [7, 11) is 0. The highest BCUT2D eigenvalue weighted by atomic mass is 16.5. The maximum Gasteiger partial charge on any atom is 0.257 e. The van der Waals surface area contributed by atoms with Gasteiger partial charge < -0.3 is 14.5 Å². The molecule has 1 aromatic carbocycles. The van der Waals surface area contributed by atoms with Crippen molar-refractivity contribution in [3.05, 3.63) is 59.3 Å². The number of nitrogens with zero attached hydrogens (tertiary/aromatic N) is 3. The molecule has 1 amide bonds. The van der Waals surface area contributed by atoms with Gasteiger partial charge >= 0.3 is 0 Å². The third-order valence-corrected chi connectivity index (χ3v) is 4.75. The zero-order chi connectivity index (χ0) is 16.4. The Morgan fingerprint density at radius 1 is 1.00 bits per heavy atom. The topological polar surface area (TPSA) is 45.7 Å². The highest BCUT2D eigenvalue weighted by Gasteiger charge is 2.26. The fourth-order valence-electron chi connectivity index (χ4n) is 3.43. The molecule has 2 aliphatic heterocycles. The van der Waals surface area contributed by atoms with E-state index in [-0.39, 0.29) is 5.91 Å². The van der Waals surface area contributed by atoms with Crippen molar-refractivity contribution < 1.29 is 9.53 Å². The summed E-state index contributed by atoms with van der Waals surface area (Å²) in [5.74, 6) is 0.851. The predicted molar refractivity (Wildman–Crippen MR) is 92.2 cm³/mol. The number of anilines is 1. The van der Waals surface area contributed by atoms with Crippen LogP contribution in [0.1, 0.15) is 21.5 Å². The van der Waals surface area contributed by atoms with Gasteiger partial charge in [-0.25, -0.2) is 4.98 Å². The molecule has 5 nitrogen and oxygen atoms in total. The summed E-state index contributed by atoms with van der Waals surface area (Å²) >= 11 is 0. The Balaban J connectivity index is 1.59. The number of ether oxygens (including phenoxy) is 1. The van der Waals surface area contributed by atoms with Crippen molar-refractivity contribution in [3.63, 3.8) is 0 Å². The van der Waals surface area contributed by atoms with E-state index >= 15 is 0 Å². The summed E-state index contributed by atoms with van der Waals surface area (Å²) in [4.78, 5) is 21.7. The first-order valence-electron chi connectivity index (χ1n) is 8.47. The summed E-state index contributed by atoms with van der Waals surface area (Å²) in [6.07, 6.45) is 2.67. The third kappa shape index (κ3) is 2.87. The minimum Gasteiger partial charge on any atom is -0.378 e. The molecule has 0 aliphatic carbocycles. The molecule has 1 fully saturated rings. The van der Waals surface area contributed by atoms with Crippen molar-refractivity contribution in [3.8, 4) is 0 Å². The van der Waals surface area contributed by atoms with Crippen LogP contribution in [0.5, 0.6) is 0 Å². The van der Waals surface area contributed by atoms with Gasteiger partial charge in [-0.15, -0.1) is 0 Å². The van der Waals surface area contributed by atoms with E-state index in [0.29, 0.717) is 25.3 Å². The van der Waals surface area contributed by atoms with Gasteiger partial charge in [0.15, 0.2) is 0 Å². The van der Waals surface area contributed by atoms with E-state index in [0.717, 1.165) is 31.9 Å². The number of benzene rings is 1. The van der Waals surface area contributed by atoms with Crippen LogP contribution in [0.2, 0.25) is 0 Å². The Morgan fingerprint density at radius 3 is 2.62 bits per heavy atom. The van der Waals surface area contributed by atoms with Crippen molar-refractivity contribution in [2.45, 2.75) is 13.0 Å². The second-order valence-electron chi connectivity index (χ2n) is 6.22. The van der Waals surface area contributed by atoms with Gasteiger partial charge in [-0.05, 0) is 29.7 Å². The number of pyridine rings is 1. The summed E-state index contributed by atoms with van der Waals surface area (Å²) in [5, 5.41) is 0. The van der Waals surface area contributed by atoms with E-state index in [1.165, 1.54) is 11.1 Å². The van der Waals surface area contributed by atoms with Crippen LogP contribution in [-0.2, 0) is 17.7 Å². The molecular weight excluding hydrogens is 302 g/mol. The highest BCUT2D eigenvalue weighted by molar-refractivity contribution is 5.99. The first-order chi connectivity index (χ1) is 11.8. The molecule has 2 aromatic rings. The van der Waals surface area contributed by atoms with Gasteiger partial charge in [0.1, 0.15) is 5.82 Å². The van der Waals surface area contributed by atoms with Crippen LogP contribution >= 0.6 is 0 Å². The minimum absolute atomic E-state index is 0.0686. The second kappa shape index (κ2) is 6.61. The standard InChI is InChI=1S/C19H21N3O2/c23-19(22-9-7-15-4-1-2-5-16(15)14-22)17-6-3-8-20-18(17)21-10-12-24-13-11-21/h1-6,8H,7,9-14H2. The van der Waals surface area contributed by atoms with Crippen LogP contribution in [0.3, 0.4) is 0 Å². The van der Waals surface area contributed by atoms with Crippen molar-refractivity contribution in [2.75, 3.05) is 37.7 Å². The zero-order valence-corrected chi connectivity index (χ0v) is 13.6. The lowest BCUT2D eigenvalue weighted by Crippen LogP contribution is -2.40. The maximum absolute atomic E-state index is 13.1. The van der Waals surface area contributed by atoms with Crippen LogP contribution in [0, 0.1) is 0 Å². The Kier molecular flexibility index (Phi) is 4.17. The Labute approximate surface area is 141 Å². The van der Waals surface area contributed by atoms with E-state index in [9.17, 15) is 4.79 Å². The first kappa shape index (κ1) is 15.1. The number of amides is 1. The minimum atomic E-state index is 0.0686. The molecule has 0 bridgehead atoms. The number of morpholine rings is 1. The molecular formula is C19H21N3O2. The van der Waals surface area contributed by atoms with Crippen LogP contribution in [0.4, 0.5) is 5.82 Å². The molecule has 124 valence electrons. The number of rotatable bonds is 2. The zero-order valence-electron chi connectivity index (χ0n) is 13.6. The van der Waals surface area contributed by atoms with E-state index in [4.69, 9.17) is 4.74 Å². The van der Waals surface area contributed by atoms with Crippen molar-refractivity contribution in [1.29, 1.82) is 0 Å². The lowest BCUT2D eigenvalue weighted by atomic mass is 9.99. The monoisotopic (exact) mass is 323 g/mol. The Morgan fingerprint density at radius 2 is 1.79 bits per heavy atom. The van der Waals surface area contributed by atoms with Gasteiger partial charge in [0.2, 0.25) is 0 Å². The van der Waals surface area contributed by atoms with Crippen LogP contribution in [-0.4, -0.2) is 48.6 Å². The molecule has 0 unspecified atom stereocenters. The average Bonchev–Trinajstić information content (AvgIpc) is 2.68. The van der Waals surface area contributed by atoms with Gasteiger partial charge in [0.25, 0.3) is 5.91 Å². The largest absolute Gasteiger partial charge is 0.378 e. The number of fused-ring (bicyclic) bond motifs is 1. The Bertz CT molecular complexity index is 741. The van der Waals surface area contributed by atoms with Gasteiger partial charge in [-0.2, -0.15) is 0 Å². The van der Waals surface area contributed by atoms with Crippen molar-refractivity contribution >= 4 is 11.7 Å². The number of hydrogen-bond acceptors (Lipinski definition) is 4. The molecule has 0 N–H and O–H groups in total. The Hall–Kier alpha value is -2.40. The molecule has 1 aromatic heterocycles. The fraction of sp³-hybridized carbons (Fsp3) is 0.368. The van der Waals surface area contributed by atoms with Crippen molar-refractivity contribution in [2.24, 2.45) is 0 Å². The quantitative estimate of drug-likeness (QED) is 0.849. The van der Waals surface area contributed by atoms with Crippen LogP contribution in [0.15, 0.2) is 42.6 Å². The molecule has 1 saturated heterocycles. The van der Waals surface area contributed by atoms with E-state index in [1.807, 2.05) is 23.1 Å². The molecule has 3 heterocycles. The average molecular weight is 323 g/mol. The SMILES string of the molecule is O=C(c1cccnc1N1CCOCC1)N1CCc2ccccc2C1. The lowest BCUT2D eigenvalue weighted by molar-refractivity contribution is 0.0733. The van der Waals surface area contributed by atoms with E-state index in [2.05, 4.69) is 28.1 Å². The second-order valence-corrected chi connectivity index (χ2v) is 6.22. The van der Waals surface area contributed by atoms with E-state index in [1.54, 1.807) is 6.20 Å². The molecule has 5 heteroatoms. The molecule has 0 radical (unpaired) electrons. The normalized spacial score (nSPS) is 17.5. The molecule has 4 rings (SSSR count). The first-order valence-corrected chi connectivity index (χ1v) is 8.47. The molecule has 2 aliphatic rings. The summed E-state index contributed by atoms with van der Waals surface area (Å²) in [6, 6.07) is 12.1. The summed E-state index contributed by atoms with van der Waals surface area (Å²) < 4.78 is 5.41. The number of hydrogen-bond donors (Lipinski definition) is 0. The lowest BCUT2D eigenvalue weighted by Gasteiger charge is -2.32. The van der Waals surface area contributed by atoms with Gasteiger partial charge in [-0.3, -0.25) is 4.79 Å². The molecule has 0 spiro atoms. The van der Waals surface area contributed by atoms with Gasteiger partial charge in [-0.1, -0.05) is 24.3 Å². The molecule has 0 atom stereocenters. The smallest absolute Gasteiger partial charge is 0.257 e. The van der Waals surface area contributed by atoms with Gasteiger partial charge in [0.05, 0.1) is 18.8 Å². The van der Waals surface area contributed by atoms with Crippen LogP contribution in [0.25, 0.3) is 0 Å². The summed E-state index contributed by atoms with van der Waals surface area (Å²) in [6.45, 7) is 4.35. The molecule has 0 saturated carbocycles. The fourth-order valence-corrected chi connectivity index (χ4v) is 3.43. The van der Waals surface area contributed by atoms with Gasteiger partial charge in [0, 0.05) is 32.4 Å².